The average Bonchev–Trinajstić information content (AvgIpc) is 2.39. The molecule has 0 aromatic heterocycles. The zero-order valence-corrected chi connectivity index (χ0v) is 10.5. The molecule has 0 N–H and O–H groups in total. The molecule has 0 spiro atoms. The molecule has 3 heteroatoms. The first kappa shape index (κ1) is 14.0. The van der Waals surface area contributed by atoms with Gasteiger partial charge in [0.1, 0.15) is 6.10 Å². The third-order valence-electron chi connectivity index (χ3n) is 2.29. The third-order valence-corrected chi connectivity index (χ3v) is 2.29. The summed E-state index contributed by atoms with van der Waals surface area (Å²) in [7, 11) is 0. The Morgan fingerprint density at radius 1 is 1.39 bits per heavy atom. The lowest BCUT2D eigenvalue weighted by Gasteiger charge is -2.14. The SMILES string of the molecule is C=CCC(O/C=C/C(=O)OCC)c1ccccc1. The van der Waals surface area contributed by atoms with Crippen molar-refractivity contribution in [3.8, 4) is 0 Å². The van der Waals surface area contributed by atoms with Gasteiger partial charge in [-0.3, -0.25) is 0 Å². The number of carbonyl (C=O) groups excluding carboxylic acids is 1. The van der Waals surface area contributed by atoms with E-state index in [1.54, 1.807) is 13.0 Å². The smallest absolute Gasteiger partial charge is 0.333 e. The van der Waals surface area contributed by atoms with E-state index in [1.165, 1.54) is 12.3 Å². The van der Waals surface area contributed by atoms with Gasteiger partial charge in [0.15, 0.2) is 0 Å². The van der Waals surface area contributed by atoms with Crippen molar-refractivity contribution in [3.05, 3.63) is 60.9 Å². The number of ether oxygens (including phenoxy) is 2. The highest BCUT2D eigenvalue weighted by Gasteiger charge is 2.08. The number of rotatable bonds is 7. The van der Waals surface area contributed by atoms with Crippen LogP contribution in [-0.4, -0.2) is 12.6 Å². The van der Waals surface area contributed by atoms with E-state index in [0.717, 1.165) is 5.56 Å². The second-order valence-electron chi connectivity index (χ2n) is 3.61. The summed E-state index contributed by atoms with van der Waals surface area (Å²) in [6, 6.07) is 9.80. The van der Waals surface area contributed by atoms with Crippen LogP contribution in [0.5, 0.6) is 0 Å². The molecule has 18 heavy (non-hydrogen) atoms. The minimum Gasteiger partial charge on any atom is -0.493 e. The molecule has 0 saturated heterocycles. The van der Waals surface area contributed by atoms with Gasteiger partial charge in [0.2, 0.25) is 0 Å². The Balaban J connectivity index is 2.59. The fourth-order valence-corrected chi connectivity index (χ4v) is 1.47. The Kier molecular flexibility index (Phi) is 6.33. The van der Waals surface area contributed by atoms with Gasteiger partial charge in [-0.1, -0.05) is 36.4 Å². The first-order valence-corrected chi connectivity index (χ1v) is 5.92. The molecule has 1 aromatic rings. The van der Waals surface area contributed by atoms with Gasteiger partial charge in [0, 0.05) is 6.42 Å². The van der Waals surface area contributed by atoms with Crippen LogP contribution in [-0.2, 0) is 14.3 Å². The van der Waals surface area contributed by atoms with Crippen LogP contribution in [0.2, 0.25) is 0 Å². The minimum atomic E-state index is -0.400. The topological polar surface area (TPSA) is 35.5 Å². The zero-order chi connectivity index (χ0) is 13.2. The first-order valence-electron chi connectivity index (χ1n) is 5.92. The normalized spacial score (nSPS) is 12.1. The van der Waals surface area contributed by atoms with Crippen molar-refractivity contribution < 1.29 is 14.3 Å². The van der Waals surface area contributed by atoms with Crippen LogP contribution in [0.3, 0.4) is 0 Å². The summed E-state index contributed by atoms with van der Waals surface area (Å²) in [6.45, 7) is 5.82. The zero-order valence-electron chi connectivity index (χ0n) is 10.5. The Labute approximate surface area is 108 Å². The van der Waals surface area contributed by atoms with Gasteiger partial charge in [-0.05, 0) is 12.5 Å². The highest BCUT2D eigenvalue weighted by atomic mass is 16.5. The van der Waals surface area contributed by atoms with Crippen molar-refractivity contribution in [1.29, 1.82) is 0 Å². The van der Waals surface area contributed by atoms with Crippen molar-refractivity contribution >= 4 is 5.97 Å². The molecule has 1 atom stereocenters. The van der Waals surface area contributed by atoms with Gasteiger partial charge in [0.05, 0.1) is 18.9 Å². The molecule has 0 bridgehead atoms. The standard InChI is InChI=1S/C15H18O3/c1-3-8-14(13-9-6-5-7-10-13)18-12-11-15(16)17-4-2/h3,5-7,9-12,14H,1,4,8H2,2H3/b12-11+. The van der Waals surface area contributed by atoms with Crippen molar-refractivity contribution in [2.75, 3.05) is 6.61 Å². The molecule has 96 valence electrons. The summed E-state index contributed by atoms with van der Waals surface area (Å²) in [5.74, 6) is -0.400. The van der Waals surface area contributed by atoms with E-state index in [9.17, 15) is 4.79 Å². The predicted molar refractivity (Wildman–Crippen MR) is 70.9 cm³/mol. The van der Waals surface area contributed by atoms with E-state index >= 15 is 0 Å². The maximum Gasteiger partial charge on any atom is 0.333 e. The second-order valence-corrected chi connectivity index (χ2v) is 3.61. The van der Waals surface area contributed by atoms with Crippen LogP contribution in [0.4, 0.5) is 0 Å². The molecule has 0 saturated carbocycles. The van der Waals surface area contributed by atoms with Crippen molar-refractivity contribution in [2.24, 2.45) is 0 Å². The second kappa shape index (κ2) is 8.12. The van der Waals surface area contributed by atoms with Gasteiger partial charge in [0.25, 0.3) is 0 Å². The molecule has 0 aliphatic heterocycles. The molecule has 0 radical (unpaired) electrons. The molecule has 1 unspecified atom stereocenters. The van der Waals surface area contributed by atoms with Crippen molar-refractivity contribution in [3.63, 3.8) is 0 Å². The van der Waals surface area contributed by atoms with Crippen LogP contribution >= 0.6 is 0 Å². The maximum atomic E-state index is 11.1. The molecule has 0 heterocycles. The molecule has 0 aliphatic carbocycles. The summed E-state index contributed by atoms with van der Waals surface area (Å²) in [6.07, 6.45) is 4.99. The highest BCUT2D eigenvalue weighted by Crippen LogP contribution is 2.21. The van der Waals surface area contributed by atoms with Crippen LogP contribution in [0.1, 0.15) is 25.0 Å². The van der Waals surface area contributed by atoms with Crippen molar-refractivity contribution in [2.45, 2.75) is 19.4 Å². The summed E-state index contributed by atoms with van der Waals surface area (Å²) in [4.78, 5) is 11.1. The molecular formula is C15H18O3. The number of hydrogen-bond donors (Lipinski definition) is 0. The molecule has 0 amide bonds. The molecule has 1 aromatic carbocycles. The number of benzene rings is 1. The fraction of sp³-hybridized carbons (Fsp3) is 0.267. The van der Waals surface area contributed by atoms with E-state index in [0.29, 0.717) is 13.0 Å². The predicted octanol–water partition coefficient (Wildman–Crippen LogP) is 3.40. The molecule has 0 aliphatic rings. The van der Waals surface area contributed by atoms with Crippen molar-refractivity contribution in [1.82, 2.24) is 0 Å². The van der Waals surface area contributed by atoms with Gasteiger partial charge in [-0.2, -0.15) is 0 Å². The monoisotopic (exact) mass is 246 g/mol. The largest absolute Gasteiger partial charge is 0.493 e. The van der Waals surface area contributed by atoms with Gasteiger partial charge in [-0.15, -0.1) is 6.58 Å². The minimum absolute atomic E-state index is 0.130. The van der Waals surface area contributed by atoms with Crippen LogP contribution in [0.25, 0.3) is 0 Å². The Hall–Kier alpha value is -2.03. The fourth-order valence-electron chi connectivity index (χ4n) is 1.47. The lowest BCUT2D eigenvalue weighted by molar-refractivity contribution is -0.137. The van der Waals surface area contributed by atoms with Gasteiger partial charge >= 0.3 is 5.97 Å². The van der Waals surface area contributed by atoms with Gasteiger partial charge in [-0.25, -0.2) is 4.79 Å². The summed E-state index contributed by atoms with van der Waals surface area (Å²) < 4.78 is 10.3. The Bertz CT molecular complexity index is 395. The number of hydrogen-bond acceptors (Lipinski definition) is 3. The Morgan fingerprint density at radius 3 is 2.72 bits per heavy atom. The van der Waals surface area contributed by atoms with Crippen LogP contribution in [0, 0.1) is 0 Å². The maximum absolute atomic E-state index is 11.1. The average molecular weight is 246 g/mol. The molecule has 0 fully saturated rings. The third kappa shape index (κ3) is 4.87. The molecular weight excluding hydrogens is 228 g/mol. The van der Waals surface area contributed by atoms with E-state index in [1.807, 2.05) is 30.3 Å². The summed E-state index contributed by atoms with van der Waals surface area (Å²) >= 11 is 0. The lowest BCUT2D eigenvalue weighted by Crippen LogP contribution is -2.02. The Morgan fingerprint density at radius 2 is 2.11 bits per heavy atom. The molecule has 3 nitrogen and oxygen atoms in total. The van der Waals surface area contributed by atoms with Crippen LogP contribution in [0.15, 0.2) is 55.3 Å². The summed E-state index contributed by atoms with van der Waals surface area (Å²) in [5, 5.41) is 0. The van der Waals surface area contributed by atoms with E-state index in [4.69, 9.17) is 9.47 Å². The number of esters is 1. The number of carbonyl (C=O) groups is 1. The van der Waals surface area contributed by atoms with E-state index < -0.39 is 5.97 Å². The highest BCUT2D eigenvalue weighted by molar-refractivity contribution is 5.81. The van der Waals surface area contributed by atoms with Crippen LogP contribution < -0.4 is 0 Å². The lowest BCUT2D eigenvalue weighted by atomic mass is 10.1. The quantitative estimate of drug-likeness (QED) is 0.320. The van der Waals surface area contributed by atoms with E-state index in [2.05, 4.69) is 6.58 Å². The first-order chi connectivity index (χ1) is 8.77. The van der Waals surface area contributed by atoms with E-state index in [-0.39, 0.29) is 6.10 Å². The summed E-state index contributed by atoms with van der Waals surface area (Å²) in [5.41, 5.74) is 1.05. The molecule has 1 rings (SSSR count). The van der Waals surface area contributed by atoms with Gasteiger partial charge < -0.3 is 9.47 Å².